The molecule has 8 nitrogen and oxygen atoms in total. The van der Waals surface area contributed by atoms with Gasteiger partial charge in [-0.1, -0.05) is 48.5 Å². The second-order valence-corrected chi connectivity index (χ2v) is 7.75. The second-order valence-electron chi connectivity index (χ2n) is 7.75. The molecule has 0 bridgehead atoms. The van der Waals surface area contributed by atoms with Crippen LogP contribution in [-0.4, -0.2) is 40.7 Å². The average Bonchev–Trinajstić information content (AvgIpc) is 3.12. The van der Waals surface area contributed by atoms with Crippen LogP contribution in [0.5, 0.6) is 0 Å². The van der Waals surface area contributed by atoms with E-state index < -0.39 is 30.4 Å². The lowest BCUT2D eigenvalue weighted by atomic mass is 9.98. The molecule has 3 aromatic rings. The summed E-state index contributed by atoms with van der Waals surface area (Å²) >= 11 is 0. The van der Waals surface area contributed by atoms with Gasteiger partial charge in [0.15, 0.2) is 0 Å². The van der Waals surface area contributed by atoms with Gasteiger partial charge < -0.3 is 20.5 Å². The number of carbonyl (C=O) groups excluding carboxylic acids is 2. The largest absolute Gasteiger partial charge is 0.481 e. The van der Waals surface area contributed by atoms with E-state index in [4.69, 9.17) is 4.74 Å². The molecule has 33 heavy (non-hydrogen) atoms. The summed E-state index contributed by atoms with van der Waals surface area (Å²) in [6, 6.07) is 17.8. The summed E-state index contributed by atoms with van der Waals surface area (Å²) in [5.74, 6) is -2.04. The number of ether oxygens (including phenoxy) is 1. The number of aryl methyl sites for hydroxylation is 1. The number of fused-ring (bicyclic) bond motifs is 3. The molecule has 8 heteroatoms. The molecule has 168 valence electrons. The number of benzene rings is 2. The van der Waals surface area contributed by atoms with E-state index in [-0.39, 0.29) is 12.5 Å². The van der Waals surface area contributed by atoms with Crippen molar-refractivity contribution in [2.75, 3.05) is 11.9 Å². The van der Waals surface area contributed by atoms with Crippen LogP contribution in [0.25, 0.3) is 11.1 Å². The van der Waals surface area contributed by atoms with E-state index in [0.29, 0.717) is 11.4 Å². The highest BCUT2D eigenvalue weighted by molar-refractivity contribution is 5.98. The van der Waals surface area contributed by atoms with Gasteiger partial charge in [-0.05, 0) is 41.3 Å². The molecule has 1 aromatic heterocycles. The van der Waals surface area contributed by atoms with E-state index in [1.54, 1.807) is 25.3 Å². The Morgan fingerprint density at radius 3 is 2.24 bits per heavy atom. The first-order valence-electron chi connectivity index (χ1n) is 10.5. The number of aliphatic carboxylic acids is 1. The third-order valence-electron chi connectivity index (χ3n) is 5.60. The fourth-order valence-corrected chi connectivity index (χ4v) is 4.00. The van der Waals surface area contributed by atoms with Gasteiger partial charge in [0.05, 0.1) is 17.8 Å². The average molecular weight is 445 g/mol. The highest BCUT2D eigenvalue weighted by Crippen LogP contribution is 2.44. The maximum absolute atomic E-state index is 12.7. The normalized spacial score (nSPS) is 12.9. The van der Waals surface area contributed by atoms with Crippen molar-refractivity contribution in [3.63, 3.8) is 0 Å². The summed E-state index contributed by atoms with van der Waals surface area (Å²) in [5, 5.41) is 14.2. The van der Waals surface area contributed by atoms with E-state index in [1.165, 1.54) is 0 Å². The van der Waals surface area contributed by atoms with Crippen LogP contribution in [0.2, 0.25) is 0 Å². The Balaban J connectivity index is 1.43. The van der Waals surface area contributed by atoms with Crippen molar-refractivity contribution in [1.29, 1.82) is 0 Å². The third-order valence-corrected chi connectivity index (χ3v) is 5.60. The van der Waals surface area contributed by atoms with Crippen LogP contribution in [0.1, 0.15) is 29.2 Å². The van der Waals surface area contributed by atoms with Crippen molar-refractivity contribution < 1.29 is 24.2 Å². The zero-order valence-electron chi connectivity index (χ0n) is 17.9. The van der Waals surface area contributed by atoms with Crippen LogP contribution in [-0.2, 0) is 14.3 Å². The zero-order valence-corrected chi connectivity index (χ0v) is 17.9. The Morgan fingerprint density at radius 2 is 1.64 bits per heavy atom. The number of anilines is 1. The molecule has 1 heterocycles. The minimum Gasteiger partial charge on any atom is -0.481 e. The number of aromatic nitrogens is 1. The first kappa shape index (κ1) is 22.0. The molecule has 0 fully saturated rings. The zero-order chi connectivity index (χ0) is 23.4. The summed E-state index contributed by atoms with van der Waals surface area (Å²) in [4.78, 5) is 40.5. The van der Waals surface area contributed by atoms with Gasteiger partial charge in [0.25, 0.3) is 0 Å². The number of alkyl carbamates (subject to hydrolysis) is 1. The molecule has 1 atom stereocenters. The van der Waals surface area contributed by atoms with Crippen molar-refractivity contribution in [3.8, 4) is 11.1 Å². The Bertz CT molecular complexity index is 1160. The summed E-state index contributed by atoms with van der Waals surface area (Å²) in [5.41, 5.74) is 5.30. The Kier molecular flexibility index (Phi) is 6.35. The van der Waals surface area contributed by atoms with Crippen LogP contribution in [0, 0.1) is 6.92 Å². The van der Waals surface area contributed by atoms with Crippen LogP contribution in [0.15, 0.2) is 66.9 Å². The molecule has 0 saturated carbocycles. The van der Waals surface area contributed by atoms with Crippen molar-refractivity contribution >= 4 is 23.7 Å². The number of carboxylic acid groups (broad SMARTS) is 1. The maximum Gasteiger partial charge on any atom is 0.407 e. The number of carbonyl (C=O) groups is 3. The number of pyridine rings is 1. The van der Waals surface area contributed by atoms with Crippen molar-refractivity contribution in [3.05, 3.63) is 83.7 Å². The number of hydrogen-bond donors (Lipinski definition) is 3. The van der Waals surface area contributed by atoms with E-state index in [9.17, 15) is 19.5 Å². The fourth-order valence-electron chi connectivity index (χ4n) is 4.00. The number of rotatable bonds is 7. The molecule has 0 spiro atoms. The first-order chi connectivity index (χ1) is 15.9. The van der Waals surface area contributed by atoms with Crippen molar-refractivity contribution in [1.82, 2.24) is 10.3 Å². The number of nitrogens with one attached hydrogen (secondary N) is 2. The lowest BCUT2D eigenvalue weighted by Gasteiger charge is -2.19. The molecule has 0 saturated heterocycles. The van der Waals surface area contributed by atoms with Crippen molar-refractivity contribution in [2.45, 2.75) is 25.3 Å². The van der Waals surface area contributed by atoms with E-state index in [0.717, 1.165) is 22.3 Å². The standard InChI is InChI=1S/C25H23N3O5/c1-15-21(11-6-12-26-15)27-24(31)22(13-23(29)30)28-25(32)33-14-20-18-9-4-2-7-16(18)17-8-3-5-10-19(17)20/h2-12,20,22H,13-14H2,1H3,(H,27,31)(H,28,32)(H,29,30). The van der Waals surface area contributed by atoms with Gasteiger partial charge >= 0.3 is 12.1 Å². The molecule has 3 N–H and O–H groups in total. The minimum absolute atomic E-state index is 0.0585. The molecular weight excluding hydrogens is 422 g/mol. The third kappa shape index (κ3) is 4.85. The van der Waals surface area contributed by atoms with E-state index >= 15 is 0 Å². The Labute approximate surface area is 190 Å². The molecule has 1 aliphatic carbocycles. The summed E-state index contributed by atoms with van der Waals surface area (Å²) in [7, 11) is 0. The summed E-state index contributed by atoms with van der Waals surface area (Å²) in [6.07, 6.45) is 0.130. The molecular formula is C25H23N3O5. The molecule has 2 aromatic carbocycles. The fraction of sp³-hybridized carbons (Fsp3) is 0.200. The Morgan fingerprint density at radius 1 is 1.00 bits per heavy atom. The van der Waals surface area contributed by atoms with Gasteiger partial charge in [0, 0.05) is 12.1 Å². The highest BCUT2D eigenvalue weighted by atomic mass is 16.5. The number of amides is 2. The second kappa shape index (κ2) is 9.52. The van der Waals surface area contributed by atoms with Gasteiger partial charge in [-0.15, -0.1) is 0 Å². The molecule has 2 amide bonds. The lowest BCUT2D eigenvalue weighted by molar-refractivity contribution is -0.139. The van der Waals surface area contributed by atoms with Crippen LogP contribution >= 0.6 is 0 Å². The quantitative estimate of drug-likeness (QED) is 0.510. The number of nitrogens with zero attached hydrogens (tertiary/aromatic N) is 1. The number of hydrogen-bond acceptors (Lipinski definition) is 5. The number of carboxylic acids is 1. The predicted molar refractivity (Wildman–Crippen MR) is 122 cm³/mol. The maximum atomic E-state index is 12.7. The SMILES string of the molecule is Cc1ncccc1NC(=O)C(CC(=O)O)NC(=O)OCC1c2ccccc2-c2ccccc21. The van der Waals surface area contributed by atoms with Gasteiger partial charge in [0.1, 0.15) is 12.6 Å². The predicted octanol–water partition coefficient (Wildman–Crippen LogP) is 3.71. The van der Waals surface area contributed by atoms with Crippen LogP contribution < -0.4 is 10.6 Å². The smallest absolute Gasteiger partial charge is 0.407 e. The summed E-state index contributed by atoms with van der Waals surface area (Å²) < 4.78 is 5.44. The van der Waals surface area contributed by atoms with E-state index in [1.807, 2.05) is 48.5 Å². The minimum atomic E-state index is -1.31. The van der Waals surface area contributed by atoms with Crippen molar-refractivity contribution in [2.24, 2.45) is 0 Å². The Hall–Kier alpha value is -4.20. The van der Waals surface area contributed by atoms with Gasteiger partial charge in [-0.25, -0.2) is 4.79 Å². The molecule has 0 aliphatic heterocycles. The topological polar surface area (TPSA) is 118 Å². The lowest BCUT2D eigenvalue weighted by Crippen LogP contribution is -2.45. The monoisotopic (exact) mass is 445 g/mol. The summed E-state index contributed by atoms with van der Waals surface area (Å²) in [6.45, 7) is 1.77. The van der Waals surface area contributed by atoms with E-state index in [2.05, 4.69) is 15.6 Å². The molecule has 0 radical (unpaired) electrons. The van der Waals surface area contributed by atoms with Gasteiger partial charge in [-0.2, -0.15) is 0 Å². The van der Waals surface area contributed by atoms with Crippen LogP contribution in [0.3, 0.4) is 0 Å². The molecule has 1 aliphatic rings. The first-order valence-corrected chi connectivity index (χ1v) is 10.5. The van der Waals surface area contributed by atoms with Gasteiger partial charge in [0.2, 0.25) is 5.91 Å². The molecule has 4 rings (SSSR count). The van der Waals surface area contributed by atoms with Crippen LogP contribution in [0.4, 0.5) is 10.5 Å². The van der Waals surface area contributed by atoms with Gasteiger partial charge in [-0.3, -0.25) is 14.6 Å². The highest BCUT2D eigenvalue weighted by Gasteiger charge is 2.30. The molecule has 1 unspecified atom stereocenters.